The maximum atomic E-state index is 10.9. The van der Waals surface area contributed by atoms with E-state index in [9.17, 15) is 8.42 Å². The highest BCUT2D eigenvalue weighted by Crippen LogP contribution is 2.24. The highest BCUT2D eigenvalue weighted by Gasteiger charge is 2.13. The van der Waals surface area contributed by atoms with Gasteiger partial charge in [-0.25, -0.2) is 13.4 Å². The van der Waals surface area contributed by atoms with Crippen molar-refractivity contribution in [2.75, 3.05) is 0 Å². The number of hydrogen-bond donors (Lipinski definition) is 1. The van der Waals surface area contributed by atoms with Gasteiger partial charge in [0.2, 0.25) is 0 Å². The fraction of sp³-hybridized carbons (Fsp3) is 0. The summed E-state index contributed by atoms with van der Waals surface area (Å²) in [6.07, 6.45) is 2.99. The van der Waals surface area contributed by atoms with Crippen molar-refractivity contribution in [3.05, 3.63) is 23.8 Å². The second-order valence-corrected chi connectivity index (χ2v) is 5.98. The Hall–Kier alpha value is -0.850. The fourth-order valence-electron chi connectivity index (χ4n) is 0.995. The summed E-state index contributed by atoms with van der Waals surface area (Å²) in [6, 6.07) is 1.46. The Bertz CT molecular complexity index is 530. The summed E-state index contributed by atoms with van der Waals surface area (Å²) in [5, 5.41) is 2.54. The van der Waals surface area contributed by atoms with E-state index >= 15 is 0 Å². The third kappa shape index (κ3) is 1.82. The Labute approximate surface area is 89.0 Å². The van der Waals surface area contributed by atoms with Crippen molar-refractivity contribution in [1.82, 2.24) is 9.97 Å². The second-order valence-electron chi connectivity index (χ2n) is 2.52. The molecule has 0 amide bonds. The van der Waals surface area contributed by atoms with Gasteiger partial charge in [0.1, 0.15) is 9.90 Å². The number of aromatic nitrogens is 2. The van der Waals surface area contributed by atoms with Crippen LogP contribution in [0.1, 0.15) is 0 Å². The first-order valence-corrected chi connectivity index (χ1v) is 6.79. The van der Waals surface area contributed by atoms with Crippen LogP contribution in [0, 0.1) is 0 Å². The summed E-state index contributed by atoms with van der Waals surface area (Å²) in [6.45, 7) is 0. The molecule has 7 heteroatoms. The van der Waals surface area contributed by atoms with Crippen LogP contribution in [0.2, 0.25) is 0 Å². The Morgan fingerprint density at radius 2 is 2.29 bits per heavy atom. The largest absolute Gasteiger partial charge is 0.358 e. The quantitative estimate of drug-likeness (QED) is 0.828. The van der Waals surface area contributed by atoms with Crippen LogP contribution in [0.25, 0.3) is 10.7 Å². The number of nitrogens with one attached hydrogen (secondary N) is 1. The summed E-state index contributed by atoms with van der Waals surface area (Å²) in [5.74, 6) is 0. The van der Waals surface area contributed by atoms with Crippen LogP contribution in [0.3, 0.4) is 0 Å². The molecular formula is C7H5ClN2O2S2. The molecule has 0 fully saturated rings. The molecular weight excluding hydrogens is 244 g/mol. The lowest BCUT2D eigenvalue weighted by Crippen LogP contribution is -1.85. The van der Waals surface area contributed by atoms with Crippen molar-refractivity contribution in [3.63, 3.8) is 0 Å². The van der Waals surface area contributed by atoms with Crippen LogP contribution in [0.4, 0.5) is 0 Å². The van der Waals surface area contributed by atoms with Crippen molar-refractivity contribution in [3.8, 4) is 10.7 Å². The molecule has 74 valence electrons. The third-order valence-electron chi connectivity index (χ3n) is 1.60. The molecule has 2 heterocycles. The van der Waals surface area contributed by atoms with E-state index in [2.05, 4.69) is 9.97 Å². The first-order chi connectivity index (χ1) is 6.57. The average molecular weight is 249 g/mol. The van der Waals surface area contributed by atoms with Crippen molar-refractivity contribution in [2.24, 2.45) is 0 Å². The summed E-state index contributed by atoms with van der Waals surface area (Å²) in [4.78, 5) is 6.89. The number of rotatable bonds is 2. The SMILES string of the molecule is O=S(=O)(Cl)c1c[nH]c(-c2nccs2)c1. The first-order valence-electron chi connectivity index (χ1n) is 3.60. The summed E-state index contributed by atoms with van der Waals surface area (Å²) >= 11 is 1.42. The molecule has 0 atom stereocenters. The van der Waals surface area contributed by atoms with E-state index < -0.39 is 9.05 Å². The highest BCUT2D eigenvalue weighted by atomic mass is 35.7. The maximum absolute atomic E-state index is 10.9. The lowest BCUT2D eigenvalue weighted by molar-refractivity contribution is 0.609. The zero-order valence-corrected chi connectivity index (χ0v) is 9.16. The fourth-order valence-corrected chi connectivity index (χ4v) is 2.34. The number of aromatic amines is 1. The molecule has 2 rings (SSSR count). The summed E-state index contributed by atoms with van der Waals surface area (Å²) < 4.78 is 21.9. The average Bonchev–Trinajstić information content (AvgIpc) is 2.73. The number of nitrogens with zero attached hydrogens (tertiary/aromatic N) is 1. The number of H-pyrrole nitrogens is 1. The Morgan fingerprint density at radius 1 is 1.50 bits per heavy atom. The molecule has 0 radical (unpaired) electrons. The molecule has 4 nitrogen and oxygen atoms in total. The van der Waals surface area contributed by atoms with Gasteiger partial charge in [-0.3, -0.25) is 0 Å². The maximum Gasteiger partial charge on any atom is 0.262 e. The summed E-state index contributed by atoms with van der Waals surface area (Å²) in [5.41, 5.74) is 0.652. The van der Waals surface area contributed by atoms with E-state index in [0.29, 0.717) is 5.69 Å². The van der Waals surface area contributed by atoms with E-state index in [1.54, 1.807) is 6.20 Å². The summed E-state index contributed by atoms with van der Waals surface area (Å²) in [7, 11) is 1.51. The second kappa shape index (κ2) is 3.38. The number of thiazole rings is 1. The van der Waals surface area contributed by atoms with Crippen molar-refractivity contribution >= 4 is 31.1 Å². The van der Waals surface area contributed by atoms with Crippen molar-refractivity contribution in [2.45, 2.75) is 4.90 Å². The van der Waals surface area contributed by atoms with Gasteiger partial charge in [-0.05, 0) is 6.07 Å². The van der Waals surface area contributed by atoms with Gasteiger partial charge >= 0.3 is 0 Å². The number of hydrogen-bond acceptors (Lipinski definition) is 4. The normalized spacial score (nSPS) is 11.8. The first kappa shape index (κ1) is 9.70. The molecule has 2 aromatic heterocycles. The predicted octanol–water partition coefficient (Wildman–Crippen LogP) is 2.07. The standard InChI is InChI=1S/C7H5ClN2O2S2/c8-14(11,12)5-3-6(10-4-5)7-9-1-2-13-7/h1-4,10H. The molecule has 0 aliphatic carbocycles. The Kier molecular flexibility index (Phi) is 2.34. The van der Waals surface area contributed by atoms with Crippen LogP contribution in [-0.4, -0.2) is 18.4 Å². The molecule has 2 aromatic rings. The predicted molar refractivity (Wildman–Crippen MR) is 54.9 cm³/mol. The van der Waals surface area contributed by atoms with Gasteiger partial charge in [0.05, 0.1) is 5.69 Å². The van der Waals surface area contributed by atoms with Gasteiger partial charge in [-0.1, -0.05) is 0 Å². The lowest BCUT2D eigenvalue weighted by Gasteiger charge is -1.87. The topological polar surface area (TPSA) is 62.8 Å². The zero-order chi connectivity index (χ0) is 10.2. The molecule has 0 aliphatic heterocycles. The molecule has 0 saturated heterocycles. The molecule has 0 unspecified atom stereocenters. The van der Waals surface area contributed by atoms with E-state index in [1.165, 1.54) is 23.6 Å². The molecule has 0 spiro atoms. The van der Waals surface area contributed by atoms with Gasteiger partial charge in [-0.15, -0.1) is 11.3 Å². The van der Waals surface area contributed by atoms with Gasteiger partial charge in [0.25, 0.3) is 9.05 Å². The molecule has 0 aromatic carbocycles. The van der Waals surface area contributed by atoms with E-state index in [4.69, 9.17) is 10.7 Å². The van der Waals surface area contributed by atoms with E-state index in [1.807, 2.05) is 5.38 Å². The van der Waals surface area contributed by atoms with Crippen LogP contribution in [0.5, 0.6) is 0 Å². The van der Waals surface area contributed by atoms with Gasteiger partial charge in [0, 0.05) is 28.5 Å². The van der Waals surface area contributed by atoms with Gasteiger partial charge < -0.3 is 4.98 Å². The van der Waals surface area contributed by atoms with Crippen LogP contribution < -0.4 is 0 Å². The van der Waals surface area contributed by atoms with E-state index in [0.717, 1.165) is 5.01 Å². The van der Waals surface area contributed by atoms with E-state index in [-0.39, 0.29) is 4.90 Å². The minimum absolute atomic E-state index is 0.0596. The number of halogens is 1. The van der Waals surface area contributed by atoms with Gasteiger partial charge in [-0.2, -0.15) is 0 Å². The van der Waals surface area contributed by atoms with Crippen LogP contribution in [0.15, 0.2) is 28.7 Å². The molecule has 1 N–H and O–H groups in total. The van der Waals surface area contributed by atoms with Crippen molar-refractivity contribution < 1.29 is 8.42 Å². The smallest absolute Gasteiger partial charge is 0.262 e. The zero-order valence-electron chi connectivity index (χ0n) is 6.77. The Balaban J connectivity index is 2.46. The van der Waals surface area contributed by atoms with Crippen LogP contribution >= 0.6 is 22.0 Å². The molecule has 0 bridgehead atoms. The van der Waals surface area contributed by atoms with Crippen LogP contribution in [-0.2, 0) is 9.05 Å². The molecule has 14 heavy (non-hydrogen) atoms. The highest BCUT2D eigenvalue weighted by molar-refractivity contribution is 8.13. The minimum atomic E-state index is -3.66. The monoisotopic (exact) mass is 248 g/mol. The van der Waals surface area contributed by atoms with Crippen molar-refractivity contribution in [1.29, 1.82) is 0 Å². The molecule has 0 saturated carbocycles. The lowest BCUT2D eigenvalue weighted by atomic mass is 10.4. The Morgan fingerprint density at radius 3 is 2.79 bits per heavy atom. The minimum Gasteiger partial charge on any atom is -0.358 e. The third-order valence-corrected chi connectivity index (χ3v) is 3.74. The van der Waals surface area contributed by atoms with Gasteiger partial charge in [0.15, 0.2) is 0 Å². The molecule has 0 aliphatic rings.